The fraction of sp³-hybridized carbons (Fsp3) is 0.0370. The average Bonchev–Trinajstić information content (AvgIpc) is 3.25. The maximum absolute atomic E-state index is 13.5. The molecule has 0 spiro atoms. The molecule has 0 saturated heterocycles. The first-order valence-electron chi connectivity index (χ1n) is 11.1. The summed E-state index contributed by atoms with van der Waals surface area (Å²) in [5, 5.41) is 7.87. The highest BCUT2D eigenvalue weighted by Gasteiger charge is 2.13. The maximum atomic E-state index is 13.5. The first kappa shape index (κ1) is 25.2. The average molecular weight is 568 g/mol. The highest BCUT2D eigenvalue weighted by atomic mass is 35.5. The number of halogens is 2. The lowest BCUT2D eigenvalue weighted by Crippen LogP contribution is -2.22. The second-order valence-electron chi connectivity index (χ2n) is 7.99. The number of hydrogen-bond donors (Lipinski definition) is 3. The summed E-state index contributed by atoms with van der Waals surface area (Å²) in [5.74, 6) is 0. The van der Waals surface area contributed by atoms with Crippen molar-refractivity contribution in [2.45, 2.75) is 4.21 Å². The van der Waals surface area contributed by atoms with Crippen molar-refractivity contribution >= 4 is 74.7 Å². The van der Waals surface area contributed by atoms with Gasteiger partial charge >= 0.3 is 6.03 Å². The highest BCUT2D eigenvalue weighted by molar-refractivity contribution is 7.99. The number of benzene rings is 3. The zero-order chi connectivity index (χ0) is 25.9. The van der Waals surface area contributed by atoms with Gasteiger partial charge in [0.2, 0.25) is 0 Å². The highest BCUT2D eigenvalue weighted by Crippen LogP contribution is 2.36. The number of amides is 2. The number of carbonyl (C=O) groups is 1. The maximum Gasteiger partial charge on any atom is 0.329 e. The molecule has 0 radical (unpaired) electrons. The van der Waals surface area contributed by atoms with Crippen LogP contribution >= 0.6 is 46.5 Å². The van der Waals surface area contributed by atoms with E-state index in [1.807, 2.05) is 61.8 Å². The summed E-state index contributed by atoms with van der Waals surface area (Å²) in [5.41, 5.74) is 4.03. The Morgan fingerprint density at radius 1 is 0.919 bits per heavy atom. The van der Waals surface area contributed by atoms with Gasteiger partial charge in [0, 0.05) is 41.3 Å². The smallest absolute Gasteiger partial charge is 0.329 e. The van der Waals surface area contributed by atoms with E-state index in [1.165, 1.54) is 11.3 Å². The quantitative estimate of drug-likeness (QED) is 0.182. The molecule has 3 aromatic carbocycles. The van der Waals surface area contributed by atoms with Crippen LogP contribution in [-0.2, 0) is 0 Å². The molecule has 3 N–H and O–H groups in total. The van der Waals surface area contributed by atoms with Crippen molar-refractivity contribution in [1.29, 1.82) is 0 Å². The van der Waals surface area contributed by atoms with Gasteiger partial charge < -0.3 is 10.6 Å². The van der Waals surface area contributed by atoms with E-state index in [0.717, 1.165) is 38.4 Å². The van der Waals surface area contributed by atoms with Crippen molar-refractivity contribution in [1.82, 2.24) is 9.29 Å². The topological polar surface area (TPSA) is 75.2 Å². The van der Waals surface area contributed by atoms with Crippen LogP contribution in [0.5, 0.6) is 0 Å². The molecule has 0 bridgehead atoms. The number of rotatable bonds is 6. The lowest BCUT2D eigenvalue weighted by molar-refractivity contribution is 0.257. The Hall–Kier alpha value is -3.43. The van der Waals surface area contributed by atoms with Crippen molar-refractivity contribution in [2.24, 2.45) is 0 Å². The number of nitrogens with zero attached hydrogens (tertiary/aromatic N) is 1. The molecular weight excluding hydrogens is 547 g/mol. The molecule has 0 aliphatic carbocycles. The van der Waals surface area contributed by atoms with Crippen molar-refractivity contribution in [2.75, 3.05) is 17.7 Å². The van der Waals surface area contributed by atoms with Gasteiger partial charge in [0.1, 0.15) is 4.34 Å². The minimum absolute atomic E-state index is 0.125. The Morgan fingerprint density at radius 2 is 1.65 bits per heavy atom. The molecule has 0 fully saturated rings. The second kappa shape index (κ2) is 10.9. The molecule has 5 rings (SSSR count). The lowest BCUT2D eigenvalue weighted by atomic mass is 10.00. The molecule has 2 amide bonds. The van der Waals surface area contributed by atoms with Crippen LogP contribution in [0, 0.1) is 0 Å². The third-order valence-corrected chi connectivity index (χ3v) is 8.43. The fourth-order valence-electron chi connectivity index (χ4n) is 3.87. The molecule has 0 atom stereocenters. The number of aromatic nitrogens is 1. The number of pyridine rings is 1. The molecule has 2 aromatic heterocycles. The van der Waals surface area contributed by atoms with Crippen LogP contribution in [0.4, 0.5) is 16.2 Å². The molecule has 37 heavy (non-hydrogen) atoms. The van der Waals surface area contributed by atoms with Gasteiger partial charge in [0.15, 0.2) is 0 Å². The largest absolute Gasteiger partial charge is 0.388 e. The van der Waals surface area contributed by atoms with E-state index < -0.39 is 6.03 Å². The Labute approximate surface area is 231 Å². The van der Waals surface area contributed by atoms with Gasteiger partial charge in [0.05, 0.1) is 9.23 Å². The van der Waals surface area contributed by atoms with Crippen LogP contribution in [0.1, 0.15) is 0 Å². The zero-order valence-electron chi connectivity index (χ0n) is 19.4. The van der Waals surface area contributed by atoms with E-state index in [2.05, 4.69) is 15.4 Å². The Balaban J connectivity index is 1.42. The molecular formula is C27H20Cl2N4O2S2. The summed E-state index contributed by atoms with van der Waals surface area (Å²) in [7, 11) is 1.85. The molecule has 10 heteroatoms. The van der Waals surface area contributed by atoms with Crippen LogP contribution in [0.25, 0.3) is 27.6 Å². The van der Waals surface area contributed by atoms with E-state index >= 15 is 0 Å². The van der Waals surface area contributed by atoms with Gasteiger partial charge in [0.25, 0.3) is 5.56 Å². The number of urea groups is 1. The van der Waals surface area contributed by atoms with Gasteiger partial charge in [-0.15, -0.1) is 11.3 Å². The SMILES string of the molecule is CNc1ccc2c(=O)n(-c3ccc(NC(=O)NSc4cc(Cl)c(Cl)s4)cc3)cc(-c3ccccc3)c2c1. The predicted molar refractivity (Wildman–Crippen MR) is 157 cm³/mol. The summed E-state index contributed by atoms with van der Waals surface area (Å²) >= 11 is 14.3. The summed E-state index contributed by atoms with van der Waals surface area (Å²) < 4.78 is 5.58. The van der Waals surface area contributed by atoms with Crippen LogP contribution in [0.2, 0.25) is 9.36 Å². The first-order valence-corrected chi connectivity index (χ1v) is 13.5. The van der Waals surface area contributed by atoms with Crippen LogP contribution in [0.15, 0.2) is 94.1 Å². The number of thiophene rings is 1. The Morgan fingerprint density at radius 3 is 2.32 bits per heavy atom. The lowest BCUT2D eigenvalue weighted by Gasteiger charge is -2.14. The van der Waals surface area contributed by atoms with Gasteiger partial charge in [-0.1, -0.05) is 53.5 Å². The molecule has 0 saturated carbocycles. The van der Waals surface area contributed by atoms with Crippen LogP contribution in [0.3, 0.4) is 0 Å². The van der Waals surface area contributed by atoms with Gasteiger partial charge in [-0.2, -0.15) is 0 Å². The third-order valence-electron chi connectivity index (χ3n) is 5.66. The van der Waals surface area contributed by atoms with Crippen molar-refractivity contribution in [3.63, 3.8) is 0 Å². The zero-order valence-corrected chi connectivity index (χ0v) is 22.6. The predicted octanol–water partition coefficient (Wildman–Crippen LogP) is 7.90. The van der Waals surface area contributed by atoms with E-state index in [4.69, 9.17) is 23.2 Å². The standard InChI is InChI=1S/C27H20Cl2N4O2S2/c1-30-18-9-12-20-21(13-18)22(16-5-3-2-4-6-16)15-33(26(20)34)19-10-7-17(8-11-19)31-27(35)32-37-24-14-23(28)25(29)36-24/h2-15,30H,1H3,(H2,31,32,35). The molecule has 2 heterocycles. The van der Waals surface area contributed by atoms with Crippen molar-refractivity contribution in [3.05, 3.63) is 105 Å². The molecule has 0 aliphatic heterocycles. The monoisotopic (exact) mass is 566 g/mol. The molecule has 6 nitrogen and oxygen atoms in total. The van der Waals surface area contributed by atoms with E-state index in [1.54, 1.807) is 34.9 Å². The van der Waals surface area contributed by atoms with Gasteiger partial charge in [-0.25, -0.2) is 4.79 Å². The fourth-order valence-corrected chi connectivity index (χ4v) is 6.14. The summed E-state index contributed by atoms with van der Waals surface area (Å²) in [4.78, 5) is 25.8. The third kappa shape index (κ3) is 5.47. The van der Waals surface area contributed by atoms with Crippen LogP contribution < -0.4 is 20.9 Å². The minimum atomic E-state index is -0.395. The minimum Gasteiger partial charge on any atom is -0.388 e. The summed E-state index contributed by atoms with van der Waals surface area (Å²) in [6.45, 7) is 0. The van der Waals surface area contributed by atoms with Crippen LogP contribution in [-0.4, -0.2) is 17.6 Å². The van der Waals surface area contributed by atoms with Crippen molar-refractivity contribution in [3.8, 4) is 16.8 Å². The Kier molecular flexibility index (Phi) is 7.43. The molecule has 186 valence electrons. The van der Waals surface area contributed by atoms with Gasteiger partial charge in [-0.05, 0) is 71.4 Å². The molecule has 0 aliphatic rings. The van der Waals surface area contributed by atoms with E-state index in [9.17, 15) is 9.59 Å². The number of hydrogen-bond acceptors (Lipinski definition) is 5. The number of anilines is 2. The number of fused-ring (bicyclic) bond motifs is 1. The van der Waals surface area contributed by atoms with E-state index in [-0.39, 0.29) is 5.56 Å². The second-order valence-corrected chi connectivity index (χ2v) is 11.2. The number of carbonyl (C=O) groups excluding carboxylic acids is 1. The summed E-state index contributed by atoms with van der Waals surface area (Å²) in [6.07, 6.45) is 1.86. The normalized spacial score (nSPS) is 10.9. The molecule has 5 aromatic rings. The summed E-state index contributed by atoms with van der Waals surface area (Å²) in [6, 6.07) is 24.1. The first-order chi connectivity index (χ1) is 17.9. The number of nitrogens with one attached hydrogen (secondary N) is 3. The van der Waals surface area contributed by atoms with Gasteiger partial charge in [-0.3, -0.25) is 14.1 Å². The Bertz CT molecular complexity index is 1630. The molecule has 0 unspecified atom stereocenters. The van der Waals surface area contributed by atoms with Crippen molar-refractivity contribution < 1.29 is 4.79 Å². The van der Waals surface area contributed by atoms with E-state index in [0.29, 0.717) is 26.1 Å².